The summed E-state index contributed by atoms with van der Waals surface area (Å²) in [6, 6.07) is 25.0. The number of Topliss-reactive ketones (excluding diaryl/α,β-unsaturated/α-hetero) is 1. The highest BCUT2D eigenvalue weighted by molar-refractivity contribution is 5.91. The van der Waals surface area contributed by atoms with Crippen molar-refractivity contribution in [3.8, 4) is 0 Å². The maximum atomic E-state index is 12.9. The van der Waals surface area contributed by atoms with Gasteiger partial charge in [-0.1, -0.05) is 79.7 Å². The number of nitrogens with one attached hydrogen (secondary N) is 1. The molecule has 3 aromatic carbocycles. The van der Waals surface area contributed by atoms with Gasteiger partial charge in [0.25, 0.3) is 0 Å². The molecule has 1 heterocycles. The molecule has 0 aliphatic carbocycles. The molecule has 0 bridgehead atoms. The second-order valence-electron chi connectivity index (χ2n) is 8.02. The van der Waals surface area contributed by atoms with Crippen LogP contribution in [-0.4, -0.2) is 29.6 Å². The van der Waals surface area contributed by atoms with Gasteiger partial charge in [-0.05, 0) is 34.7 Å². The van der Waals surface area contributed by atoms with Crippen LogP contribution in [-0.2, 0) is 16.6 Å². The molecule has 3 nitrogen and oxygen atoms in total. The number of hydrogen-bond acceptors (Lipinski definition) is 2. The number of carbonyl (C=O) groups excluding carboxylic acids is 1. The predicted molar refractivity (Wildman–Crippen MR) is 127 cm³/mol. The number of halogens is 1. The SMILES string of the molecule is CCC(=O)C1(c2ccccc2)CCN(C(=N)Cc2ccc3ccccc3c2)CC1.Cl. The molecule has 3 aromatic rings. The number of ketones is 1. The summed E-state index contributed by atoms with van der Waals surface area (Å²) in [5.41, 5.74) is 1.90. The Labute approximate surface area is 185 Å². The van der Waals surface area contributed by atoms with Crippen molar-refractivity contribution in [2.45, 2.75) is 38.0 Å². The van der Waals surface area contributed by atoms with E-state index in [1.54, 1.807) is 0 Å². The lowest BCUT2D eigenvalue weighted by Gasteiger charge is -2.42. The van der Waals surface area contributed by atoms with Crippen LogP contribution in [0.4, 0.5) is 0 Å². The Morgan fingerprint density at radius 2 is 1.57 bits per heavy atom. The topological polar surface area (TPSA) is 44.2 Å². The van der Waals surface area contributed by atoms with Crippen LogP contribution in [0.5, 0.6) is 0 Å². The lowest BCUT2D eigenvalue weighted by atomic mass is 9.69. The van der Waals surface area contributed by atoms with Gasteiger partial charge < -0.3 is 4.90 Å². The molecule has 0 spiro atoms. The zero-order chi connectivity index (χ0) is 20.3. The van der Waals surface area contributed by atoms with Crippen molar-refractivity contribution in [2.24, 2.45) is 0 Å². The van der Waals surface area contributed by atoms with E-state index in [9.17, 15) is 4.79 Å². The van der Waals surface area contributed by atoms with Crippen LogP contribution in [0.1, 0.15) is 37.3 Å². The van der Waals surface area contributed by atoms with E-state index < -0.39 is 5.41 Å². The van der Waals surface area contributed by atoms with Gasteiger partial charge in [0.05, 0.1) is 5.41 Å². The lowest BCUT2D eigenvalue weighted by Crippen LogP contribution is -2.49. The van der Waals surface area contributed by atoms with E-state index in [1.807, 2.05) is 31.2 Å². The second-order valence-corrected chi connectivity index (χ2v) is 8.02. The van der Waals surface area contributed by atoms with Crippen LogP contribution < -0.4 is 0 Å². The minimum absolute atomic E-state index is 0. The minimum atomic E-state index is -0.393. The monoisotopic (exact) mass is 420 g/mol. The summed E-state index contributed by atoms with van der Waals surface area (Å²) in [6.45, 7) is 3.47. The number of hydrogen-bond donors (Lipinski definition) is 1. The van der Waals surface area contributed by atoms with Crippen molar-refractivity contribution < 1.29 is 4.79 Å². The average Bonchev–Trinajstić information content (AvgIpc) is 2.79. The van der Waals surface area contributed by atoms with Crippen molar-refractivity contribution in [1.82, 2.24) is 4.90 Å². The van der Waals surface area contributed by atoms with E-state index in [4.69, 9.17) is 5.41 Å². The summed E-state index contributed by atoms with van der Waals surface area (Å²) in [5.74, 6) is 0.968. The molecule has 1 N–H and O–H groups in total. The van der Waals surface area contributed by atoms with Gasteiger partial charge in [0.2, 0.25) is 0 Å². The molecular formula is C26H29ClN2O. The van der Waals surface area contributed by atoms with Crippen LogP contribution in [0.3, 0.4) is 0 Å². The molecule has 0 unspecified atom stereocenters. The quantitative estimate of drug-likeness (QED) is 0.419. The Bertz CT molecular complexity index is 1020. The van der Waals surface area contributed by atoms with Crippen LogP contribution in [0.15, 0.2) is 72.8 Å². The third kappa shape index (κ3) is 4.27. The first kappa shape index (κ1) is 22.0. The molecule has 4 heteroatoms. The number of carbonyl (C=O) groups is 1. The van der Waals surface area contributed by atoms with Crippen molar-refractivity contribution in [2.75, 3.05) is 13.1 Å². The van der Waals surface area contributed by atoms with Crippen molar-refractivity contribution in [1.29, 1.82) is 5.41 Å². The van der Waals surface area contributed by atoms with Crippen LogP contribution in [0.25, 0.3) is 10.8 Å². The number of benzene rings is 3. The Balaban J connectivity index is 0.00000256. The molecule has 0 atom stereocenters. The summed E-state index contributed by atoms with van der Waals surface area (Å²) in [6.07, 6.45) is 2.75. The van der Waals surface area contributed by atoms with Gasteiger partial charge in [0.15, 0.2) is 0 Å². The zero-order valence-electron chi connectivity index (χ0n) is 17.4. The molecular weight excluding hydrogens is 392 g/mol. The van der Waals surface area contributed by atoms with Gasteiger partial charge in [-0.15, -0.1) is 12.4 Å². The van der Waals surface area contributed by atoms with Gasteiger partial charge in [0, 0.05) is 25.9 Å². The largest absolute Gasteiger partial charge is 0.360 e. The maximum absolute atomic E-state index is 12.9. The number of nitrogens with zero attached hydrogens (tertiary/aromatic N) is 1. The lowest BCUT2D eigenvalue weighted by molar-refractivity contribution is -0.125. The molecule has 1 aliphatic rings. The number of amidine groups is 1. The molecule has 1 aliphatic heterocycles. The molecule has 30 heavy (non-hydrogen) atoms. The van der Waals surface area contributed by atoms with E-state index in [0.717, 1.165) is 31.5 Å². The maximum Gasteiger partial charge on any atom is 0.143 e. The summed E-state index contributed by atoms with van der Waals surface area (Å²) < 4.78 is 0. The molecule has 0 amide bonds. The molecule has 156 valence electrons. The normalized spacial score (nSPS) is 15.4. The highest BCUT2D eigenvalue weighted by atomic mass is 35.5. The molecule has 0 radical (unpaired) electrons. The van der Waals surface area contributed by atoms with Crippen molar-refractivity contribution in [3.05, 3.63) is 83.9 Å². The van der Waals surface area contributed by atoms with E-state index in [1.165, 1.54) is 16.3 Å². The fraction of sp³-hybridized carbons (Fsp3) is 0.308. The van der Waals surface area contributed by atoms with E-state index in [2.05, 4.69) is 53.4 Å². The first-order chi connectivity index (χ1) is 14.1. The third-order valence-electron chi connectivity index (χ3n) is 6.37. The zero-order valence-corrected chi connectivity index (χ0v) is 18.3. The number of likely N-dealkylation sites (tertiary alicyclic amines) is 1. The molecule has 0 aromatic heterocycles. The summed E-state index contributed by atoms with van der Waals surface area (Å²) in [5, 5.41) is 11.1. The summed E-state index contributed by atoms with van der Waals surface area (Å²) >= 11 is 0. The fourth-order valence-corrected chi connectivity index (χ4v) is 4.64. The smallest absolute Gasteiger partial charge is 0.143 e. The van der Waals surface area contributed by atoms with Crippen LogP contribution in [0, 0.1) is 5.41 Å². The first-order valence-corrected chi connectivity index (χ1v) is 10.5. The van der Waals surface area contributed by atoms with Crippen molar-refractivity contribution in [3.63, 3.8) is 0 Å². The summed E-state index contributed by atoms with van der Waals surface area (Å²) in [7, 11) is 0. The number of rotatable bonds is 5. The Hall–Kier alpha value is -2.65. The van der Waals surface area contributed by atoms with Gasteiger partial charge >= 0.3 is 0 Å². The highest BCUT2D eigenvalue weighted by Crippen LogP contribution is 2.37. The van der Waals surface area contributed by atoms with E-state index in [0.29, 0.717) is 24.5 Å². The van der Waals surface area contributed by atoms with Crippen LogP contribution in [0.2, 0.25) is 0 Å². The number of fused-ring (bicyclic) bond motifs is 1. The summed E-state index contributed by atoms with van der Waals surface area (Å²) in [4.78, 5) is 15.1. The van der Waals surface area contributed by atoms with E-state index in [-0.39, 0.29) is 12.4 Å². The molecule has 1 fully saturated rings. The van der Waals surface area contributed by atoms with Gasteiger partial charge in [-0.3, -0.25) is 10.2 Å². The van der Waals surface area contributed by atoms with Gasteiger partial charge in [0.1, 0.15) is 11.6 Å². The molecule has 4 rings (SSSR count). The first-order valence-electron chi connectivity index (χ1n) is 10.5. The van der Waals surface area contributed by atoms with Gasteiger partial charge in [-0.2, -0.15) is 0 Å². The minimum Gasteiger partial charge on any atom is -0.360 e. The second kappa shape index (κ2) is 9.44. The van der Waals surface area contributed by atoms with Crippen molar-refractivity contribution >= 4 is 34.8 Å². The number of piperidine rings is 1. The highest BCUT2D eigenvalue weighted by Gasteiger charge is 2.41. The van der Waals surface area contributed by atoms with Crippen LogP contribution >= 0.6 is 12.4 Å². The Kier molecular flexibility index (Phi) is 6.94. The standard InChI is InChI=1S/C26H28N2O.ClH/c1-2-24(29)26(23-10-4-3-5-11-23)14-16-28(17-15-26)25(27)19-20-12-13-21-8-6-7-9-22(21)18-20;/h3-13,18,27H,2,14-17,19H2,1H3;1H. The van der Waals surface area contributed by atoms with Gasteiger partial charge in [-0.25, -0.2) is 0 Å². The molecule has 1 saturated heterocycles. The third-order valence-corrected chi connectivity index (χ3v) is 6.37. The molecule has 0 saturated carbocycles. The average molecular weight is 421 g/mol. The Morgan fingerprint density at radius 1 is 0.933 bits per heavy atom. The predicted octanol–water partition coefficient (Wildman–Crippen LogP) is 5.79. The fourth-order valence-electron chi connectivity index (χ4n) is 4.64. The van der Waals surface area contributed by atoms with E-state index >= 15 is 0 Å². The Morgan fingerprint density at radius 3 is 2.23 bits per heavy atom.